The van der Waals surface area contributed by atoms with Gasteiger partial charge in [0.25, 0.3) is 0 Å². The van der Waals surface area contributed by atoms with Crippen molar-refractivity contribution < 1.29 is 14.7 Å². The molecule has 0 heterocycles. The van der Waals surface area contributed by atoms with Crippen LogP contribution in [0, 0.1) is 5.41 Å². The van der Waals surface area contributed by atoms with E-state index in [2.05, 4.69) is 5.32 Å². The number of aliphatic carboxylic acids is 1. The Labute approximate surface area is 128 Å². The summed E-state index contributed by atoms with van der Waals surface area (Å²) >= 11 is 11.7. The van der Waals surface area contributed by atoms with E-state index < -0.39 is 11.4 Å². The van der Waals surface area contributed by atoms with Crippen molar-refractivity contribution in [3.05, 3.63) is 33.8 Å². The molecule has 1 atom stereocenters. The lowest BCUT2D eigenvalue weighted by molar-refractivity contribution is -0.148. The minimum atomic E-state index is -0.951. The second kappa shape index (κ2) is 6.95. The van der Waals surface area contributed by atoms with Crippen molar-refractivity contribution in [2.24, 2.45) is 5.41 Å². The molecule has 1 aromatic carbocycles. The van der Waals surface area contributed by atoms with Gasteiger partial charge in [0.05, 0.1) is 21.9 Å². The van der Waals surface area contributed by atoms with Crippen molar-refractivity contribution in [2.45, 2.75) is 26.7 Å². The van der Waals surface area contributed by atoms with E-state index in [0.717, 1.165) is 5.56 Å². The molecule has 6 heteroatoms. The maximum atomic E-state index is 11.8. The summed E-state index contributed by atoms with van der Waals surface area (Å²) in [7, 11) is 0. The Bertz CT molecular complexity index is 519. The fraction of sp³-hybridized carbons (Fsp3) is 0.429. The number of carbonyl (C=O) groups excluding carboxylic acids is 1. The minimum Gasteiger partial charge on any atom is -0.481 e. The monoisotopic (exact) mass is 317 g/mol. The zero-order valence-corrected chi connectivity index (χ0v) is 12.9. The lowest BCUT2D eigenvalue weighted by Gasteiger charge is -2.23. The summed E-state index contributed by atoms with van der Waals surface area (Å²) in [5.41, 5.74) is -0.224. The summed E-state index contributed by atoms with van der Waals surface area (Å²) in [6.45, 7) is 3.48. The molecule has 2 N–H and O–H groups in total. The molecule has 0 bridgehead atoms. The van der Waals surface area contributed by atoms with Gasteiger partial charge in [-0.15, -0.1) is 0 Å². The third-order valence-electron chi connectivity index (χ3n) is 3.32. The van der Waals surface area contributed by atoms with E-state index in [1.165, 1.54) is 0 Å². The van der Waals surface area contributed by atoms with Crippen LogP contribution in [0.5, 0.6) is 0 Å². The zero-order valence-electron chi connectivity index (χ0n) is 11.4. The molecule has 0 aliphatic carbocycles. The van der Waals surface area contributed by atoms with Gasteiger partial charge in [0, 0.05) is 6.54 Å². The van der Waals surface area contributed by atoms with Gasteiger partial charge in [-0.3, -0.25) is 9.59 Å². The molecule has 0 spiro atoms. The normalized spacial score (nSPS) is 13.6. The van der Waals surface area contributed by atoms with Gasteiger partial charge in [-0.25, -0.2) is 0 Å². The van der Waals surface area contributed by atoms with Crippen LogP contribution in [0.2, 0.25) is 10.0 Å². The SMILES string of the molecule is CCC(C)(CNC(=O)Cc1ccc(Cl)c(Cl)c1)C(=O)O. The maximum Gasteiger partial charge on any atom is 0.311 e. The number of hydrogen-bond donors (Lipinski definition) is 2. The summed E-state index contributed by atoms with van der Waals surface area (Å²) in [5, 5.41) is 12.6. The molecule has 1 aromatic rings. The number of carbonyl (C=O) groups is 2. The molecule has 0 radical (unpaired) electrons. The van der Waals surface area contributed by atoms with Crippen LogP contribution >= 0.6 is 23.2 Å². The van der Waals surface area contributed by atoms with Gasteiger partial charge >= 0.3 is 5.97 Å². The van der Waals surface area contributed by atoms with Crippen LogP contribution in [-0.2, 0) is 16.0 Å². The molecule has 1 unspecified atom stereocenters. The van der Waals surface area contributed by atoms with Crippen LogP contribution in [-0.4, -0.2) is 23.5 Å². The van der Waals surface area contributed by atoms with Gasteiger partial charge < -0.3 is 10.4 Å². The number of amides is 1. The second-order valence-corrected chi connectivity index (χ2v) is 5.74. The summed E-state index contributed by atoms with van der Waals surface area (Å²) in [4.78, 5) is 22.9. The van der Waals surface area contributed by atoms with E-state index in [1.807, 2.05) is 0 Å². The largest absolute Gasteiger partial charge is 0.481 e. The second-order valence-electron chi connectivity index (χ2n) is 4.92. The first-order valence-electron chi connectivity index (χ1n) is 6.22. The van der Waals surface area contributed by atoms with Crippen LogP contribution in [0.4, 0.5) is 0 Å². The predicted molar refractivity (Wildman–Crippen MR) is 79.2 cm³/mol. The highest BCUT2D eigenvalue weighted by Gasteiger charge is 2.31. The van der Waals surface area contributed by atoms with Crippen LogP contribution in [0.1, 0.15) is 25.8 Å². The number of halogens is 2. The van der Waals surface area contributed by atoms with E-state index in [4.69, 9.17) is 28.3 Å². The Morgan fingerprint density at radius 2 is 1.95 bits per heavy atom. The quantitative estimate of drug-likeness (QED) is 0.847. The topological polar surface area (TPSA) is 66.4 Å². The average Bonchev–Trinajstić information content (AvgIpc) is 2.40. The summed E-state index contributed by atoms with van der Waals surface area (Å²) in [6, 6.07) is 4.96. The molecule has 0 fully saturated rings. The molecule has 0 saturated heterocycles. The van der Waals surface area contributed by atoms with Crippen molar-refractivity contribution in [3.8, 4) is 0 Å². The van der Waals surface area contributed by atoms with Gasteiger partial charge in [0.15, 0.2) is 0 Å². The number of carboxylic acids is 1. The Balaban J connectivity index is 2.60. The molecule has 4 nitrogen and oxygen atoms in total. The fourth-order valence-corrected chi connectivity index (χ4v) is 1.86. The fourth-order valence-electron chi connectivity index (χ4n) is 1.54. The number of carboxylic acid groups (broad SMARTS) is 1. The third kappa shape index (κ3) is 4.39. The van der Waals surface area contributed by atoms with Gasteiger partial charge in [0.2, 0.25) is 5.91 Å². The van der Waals surface area contributed by atoms with E-state index in [-0.39, 0.29) is 18.9 Å². The predicted octanol–water partition coefficient (Wildman–Crippen LogP) is 3.15. The van der Waals surface area contributed by atoms with Gasteiger partial charge in [-0.1, -0.05) is 36.2 Å². The van der Waals surface area contributed by atoms with E-state index in [9.17, 15) is 9.59 Å². The van der Waals surface area contributed by atoms with Crippen molar-refractivity contribution in [3.63, 3.8) is 0 Å². The van der Waals surface area contributed by atoms with Crippen LogP contribution in [0.3, 0.4) is 0 Å². The molecule has 0 aliphatic rings. The first-order chi connectivity index (χ1) is 9.28. The van der Waals surface area contributed by atoms with Crippen molar-refractivity contribution in [2.75, 3.05) is 6.54 Å². The molecule has 0 aliphatic heterocycles. The van der Waals surface area contributed by atoms with E-state index in [1.54, 1.807) is 32.0 Å². The van der Waals surface area contributed by atoms with Crippen LogP contribution < -0.4 is 5.32 Å². The van der Waals surface area contributed by atoms with Crippen molar-refractivity contribution >= 4 is 35.1 Å². The Morgan fingerprint density at radius 1 is 1.30 bits per heavy atom. The first-order valence-corrected chi connectivity index (χ1v) is 6.98. The number of rotatable bonds is 6. The standard InChI is InChI=1S/C14H17Cl2NO3/c1-3-14(2,13(19)20)8-17-12(18)7-9-4-5-10(15)11(16)6-9/h4-6H,3,7-8H2,1-2H3,(H,17,18)(H,19,20). The molecule has 1 rings (SSSR count). The van der Waals surface area contributed by atoms with Crippen molar-refractivity contribution in [1.82, 2.24) is 5.32 Å². The number of hydrogen-bond acceptors (Lipinski definition) is 2. The molecule has 110 valence electrons. The molecular formula is C14H17Cl2NO3. The van der Waals surface area contributed by atoms with Crippen LogP contribution in [0.25, 0.3) is 0 Å². The van der Waals surface area contributed by atoms with E-state index >= 15 is 0 Å². The molecule has 0 aromatic heterocycles. The van der Waals surface area contributed by atoms with Crippen molar-refractivity contribution in [1.29, 1.82) is 0 Å². The smallest absolute Gasteiger partial charge is 0.311 e. The number of nitrogens with one attached hydrogen (secondary N) is 1. The Morgan fingerprint density at radius 3 is 2.45 bits per heavy atom. The van der Waals surface area contributed by atoms with Gasteiger partial charge in [-0.05, 0) is 31.0 Å². The van der Waals surface area contributed by atoms with Gasteiger partial charge in [0.1, 0.15) is 0 Å². The summed E-state index contributed by atoms with van der Waals surface area (Å²) in [5.74, 6) is -1.17. The highest BCUT2D eigenvalue weighted by molar-refractivity contribution is 6.42. The molecule has 20 heavy (non-hydrogen) atoms. The van der Waals surface area contributed by atoms with Gasteiger partial charge in [-0.2, -0.15) is 0 Å². The maximum absolute atomic E-state index is 11.8. The highest BCUT2D eigenvalue weighted by Crippen LogP contribution is 2.23. The molecule has 1 amide bonds. The zero-order chi connectivity index (χ0) is 15.3. The minimum absolute atomic E-state index is 0.0962. The summed E-state index contributed by atoms with van der Waals surface area (Å²) < 4.78 is 0. The summed E-state index contributed by atoms with van der Waals surface area (Å²) in [6.07, 6.45) is 0.575. The van der Waals surface area contributed by atoms with E-state index in [0.29, 0.717) is 16.5 Å². The lowest BCUT2D eigenvalue weighted by Crippen LogP contribution is -2.41. The molecular weight excluding hydrogens is 301 g/mol. The van der Waals surface area contributed by atoms with Crippen LogP contribution in [0.15, 0.2) is 18.2 Å². The Kier molecular flexibility index (Phi) is 5.84. The third-order valence-corrected chi connectivity index (χ3v) is 4.06. The Hall–Kier alpha value is -1.26. The highest BCUT2D eigenvalue weighted by atomic mass is 35.5. The lowest BCUT2D eigenvalue weighted by atomic mass is 9.87. The number of benzene rings is 1. The molecule has 0 saturated carbocycles. The average molecular weight is 318 g/mol. The first kappa shape index (κ1) is 16.8.